The standard InChI is InChI=1S/C11H13N3O2S/c1-2-3-14-10(12-13-11(14)17)7-4-8(15)6-9(16)5-7/h4-6,15-16H,2-3H2,1H3,(H,13,17). The molecule has 0 amide bonds. The molecule has 0 unspecified atom stereocenters. The molecule has 0 saturated carbocycles. The van der Waals surface area contributed by atoms with E-state index in [1.807, 2.05) is 11.5 Å². The Morgan fingerprint density at radius 1 is 1.29 bits per heavy atom. The Morgan fingerprint density at radius 3 is 2.53 bits per heavy atom. The Morgan fingerprint density at radius 2 is 1.94 bits per heavy atom. The minimum atomic E-state index is -0.00281. The van der Waals surface area contributed by atoms with Crippen LogP contribution in [0.1, 0.15) is 13.3 Å². The van der Waals surface area contributed by atoms with Gasteiger partial charge in [0.2, 0.25) is 0 Å². The summed E-state index contributed by atoms with van der Waals surface area (Å²) in [6.45, 7) is 2.78. The highest BCUT2D eigenvalue weighted by molar-refractivity contribution is 7.71. The minimum Gasteiger partial charge on any atom is -0.508 e. The summed E-state index contributed by atoms with van der Waals surface area (Å²) in [5.41, 5.74) is 0.628. The van der Waals surface area contributed by atoms with Gasteiger partial charge in [-0.25, -0.2) is 0 Å². The first-order chi connectivity index (χ1) is 8.11. The van der Waals surface area contributed by atoms with E-state index in [0.29, 0.717) is 16.2 Å². The van der Waals surface area contributed by atoms with Gasteiger partial charge in [0.05, 0.1) is 0 Å². The lowest BCUT2D eigenvalue weighted by Gasteiger charge is -2.06. The Bertz CT molecular complexity index is 568. The normalized spacial score (nSPS) is 10.6. The summed E-state index contributed by atoms with van der Waals surface area (Å²) >= 11 is 5.12. The smallest absolute Gasteiger partial charge is 0.195 e. The lowest BCUT2D eigenvalue weighted by atomic mass is 10.2. The van der Waals surface area contributed by atoms with Crippen LogP contribution in [0.5, 0.6) is 11.5 Å². The number of phenolic OH excluding ortho intramolecular Hbond substituents is 2. The van der Waals surface area contributed by atoms with Crippen molar-refractivity contribution in [3.05, 3.63) is 23.0 Å². The number of aromatic amines is 1. The van der Waals surface area contributed by atoms with Crippen LogP contribution in [-0.4, -0.2) is 25.0 Å². The summed E-state index contributed by atoms with van der Waals surface area (Å²) in [6, 6.07) is 4.35. The summed E-state index contributed by atoms with van der Waals surface area (Å²) < 4.78 is 2.37. The Hall–Kier alpha value is -1.82. The predicted octanol–water partition coefficient (Wildman–Crippen LogP) is 2.43. The Balaban J connectivity index is 2.56. The van der Waals surface area contributed by atoms with Crippen LogP contribution in [0.25, 0.3) is 11.4 Å². The van der Waals surface area contributed by atoms with Gasteiger partial charge in [0.15, 0.2) is 10.6 Å². The number of rotatable bonds is 3. The number of hydrogen-bond acceptors (Lipinski definition) is 4. The number of benzene rings is 1. The maximum atomic E-state index is 9.45. The molecule has 1 aromatic heterocycles. The first-order valence-corrected chi connectivity index (χ1v) is 5.71. The highest BCUT2D eigenvalue weighted by Gasteiger charge is 2.10. The Kier molecular flexibility index (Phi) is 3.14. The van der Waals surface area contributed by atoms with E-state index in [1.54, 1.807) is 0 Å². The monoisotopic (exact) mass is 251 g/mol. The molecule has 0 spiro atoms. The molecule has 2 aromatic rings. The molecule has 5 nitrogen and oxygen atoms in total. The number of aromatic hydroxyl groups is 2. The minimum absolute atomic E-state index is 0.00281. The van der Waals surface area contributed by atoms with Gasteiger partial charge in [-0.05, 0) is 30.8 Å². The predicted molar refractivity (Wildman–Crippen MR) is 66.5 cm³/mol. The molecule has 17 heavy (non-hydrogen) atoms. The number of nitrogens with zero attached hydrogens (tertiary/aromatic N) is 2. The number of phenols is 2. The van der Waals surface area contributed by atoms with Gasteiger partial charge in [-0.1, -0.05) is 6.92 Å². The Labute approximate surface area is 103 Å². The van der Waals surface area contributed by atoms with Gasteiger partial charge >= 0.3 is 0 Å². The fourth-order valence-corrected chi connectivity index (χ4v) is 1.92. The van der Waals surface area contributed by atoms with Crippen molar-refractivity contribution in [1.82, 2.24) is 14.8 Å². The molecule has 0 saturated heterocycles. The van der Waals surface area contributed by atoms with Crippen molar-refractivity contribution >= 4 is 12.2 Å². The summed E-state index contributed by atoms with van der Waals surface area (Å²) in [6.07, 6.45) is 0.922. The van der Waals surface area contributed by atoms with Crippen molar-refractivity contribution in [2.45, 2.75) is 19.9 Å². The second-order valence-electron chi connectivity index (χ2n) is 3.74. The van der Waals surface area contributed by atoms with Gasteiger partial charge in [0.1, 0.15) is 11.5 Å². The molecule has 1 aromatic carbocycles. The summed E-state index contributed by atoms with van der Waals surface area (Å²) in [5.74, 6) is 0.608. The second kappa shape index (κ2) is 4.58. The van der Waals surface area contributed by atoms with Crippen LogP contribution >= 0.6 is 12.2 Å². The van der Waals surface area contributed by atoms with Crippen LogP contribution in [0.2, 0.25) is 0 Å². The van der Waals surface area contributed by atoms with E-state index in [4.69, 9.17) is 12.2 Å². The molecule has 0 aliphatic heterocycles. The van der Waals surface area contributed by atoms with Gasteiger partial charge in [0.25, 0.3) is 0 Å². The third kappa shape index (κ3) is 2.31. The molecule has 0 atom stereocenters. The number of nitrogens with one attached hydrogen (secondary N) is 1. The lowest BCUT2D eigenvalue weighted by molar-refractivity contribution is 0.451. The highest BCUT2D eigenvalue weighted by Crippen LogP contribution is 2.27. The zero-order valence-corrected chi connectivity index (χ0v) is 10.2. The molecule has 0 radical (unpaired) electrons. The van der Waals surface area contributed by atoms with Crippen LogP contribution in [0.15, 0.2) is 18.2 Å². The number of H-pyrrole nitrogens is 1. The molecule has 2 rings (SSSR count). The van der Waals surface area contributed by atoms with Crippen molar-refractivity contribution in [3.63, 3.8) is 0 Å². The molecule has 3 N–H and O–H groups in total. The van der Waals surface area contributed by atoms with Crippen LogP contribution in [0, 0.1) is 4.77 Å². The zero-order chi connectivity index (χ0) is 12.4. The summed E-state index contributed by atoms with van der Waals surface area (Å²) in [4.78, 5) is 0. The van der Waals surface area contributed by atoms with Gasteiger partial charge in [-0.3, -0.25) is 5.10 Å². The van der Waals surface area contributed by atoms with Gasteiger partial charge < -0.3 is 14.8 Å². The fraction of sp³-hybridized carbons (Fsp3) is 0.273. The average Bonchev–Trinajstić information content (AvgIpc) is 2.60. The van der Waals surface area contributed by atoms with E-state index >= 15 is 0 Å². The summed E-state index contributed by atoms with van der Waals surface area (Å²) in [7, 11) is 0. The highest BCUT2D eigenvalue weighted by atomic mass is 32.1. The lowest BCUT2D eigenvalue weighted by Crippen LogP contribution is -1.99. The zero-order valence-electron chi connectivity index (χ0n) is 9.34. The van der Waals surface area contributed by atoms with Gasteiger partial charge in [0, 0.05) is 18.2 Å². The van der Waals surface area contributed by atoms with E-state index in [1.165, 1.54) is 18.2 Å². The van der Waals surface area contributed by atoms with E-state index in [2.05, 4.69) is 10.2 Å². The molecular formula is C11H13N3O2S. The van der Waals surface area contributed by atoms with Crippen LogP contribution in [0.3, 0.4) is 0 Å². The molecule has 0 fully saturated rings. The summed E-state index contributed by atoms with van der Waals surface area (Å²) in [5, 5.41) is 25.7. The third-order valence-corrected chi connectivity index (χ3v) is 2.68. The topological polar surface area (TPSA) is 74.1 Å². The van der Waals surface area contributed by atoms with Crippen molar-refractivity contribution in [3.8, 4) is 22.9 Å². The van der Waals surface area contributed by atoms with E-state index in [0.717, 1.165) is 13.0 Å². The molecule has 90 valence electrons. The largest absolute Gasteiger partial charge is 0.508 e. The number of hydrogen-bond donors (Lipinski definition) is 3. The van der Waals surface area contributed by atoms with Crippen molar-refractivity contribution in [2.24, 2.45) is 0 Å². The number of aromatic nitrogens is 3. The second-order valence-corrected chi connectivity index (χ2v) is 4.13. The van der Waals surface area contributed by atoms with Crippen molar-refractivity contribution < 1.29 is 10.2 Å². The van der Waals surface area contributed by atoms with Gasteiger partial charge in [-0.2, -0.15) is 5.10 Å². The van der Waals surface area contributed by atoms with Crippen LogP contribution in [-0.2, 0) is 6.54 Å². The van der Waals surface area contributed by atoms with Crippen LogP contribution < -0.4 is 0 Å². The molecular weight excluding hydrogens is 238 g/mol. The molecule has 0 aliphatic carbocycles. The van der Waals surface area contributed by atoms with E-state index in [-0.39, 0.29) is 11.5 Å². The van der Waals surface area contributed by atoms with Crippen molar-refractivity contribution in [2.75, 3.05) is 0 Å². The maximum Gasteiger partial charge on any atom is 0.195 e. The third-order valence-electron chi connectivity index (χ3n) is 2.37. The molecule has 1 heterocycles. The van der Waals surface area contributed by atoms with E-state index < -0.39 is 0 Å². The first-order valence-electron chi connectivity index (χ1n) is 5.30. The average molecular weight is 251 g/mol. The van der Waals surface area contributed by atoms with Crippen molar-refractivity contribution in [1.29, 1.82) is 0 Å². The van der Waals surface area contributed by atoms with Gasteiger partial charge in [-0.15, -0.1) is 0 Å². The SMILES string of the molecule is CCCn1c(-c2cc(O)cc(O)c2)n[nH]c1=S. The molecule has 6 heteroatoms. The fourth-order valence-electron chi connectivity index (χ4n) is 1.69. The van der Waals surface area contributed by atoms with E-state index in [9.17, 15) is 10.2 Å². The quantitative estimate of drug-likeness (QED) is 0.732. The first kappa shape index (κ1) is 11.7. The maximum absolute atomic E-state index is 9.45. The van der Waals surface area contributed by atoms with Crippen LogP contribution in [0.4, 0.5) is 0 Å². The molecule has 0 aliphatic rings. The molecule has 0 bridgehead atoms.